The standard InChI is InChI=1S/C15H20ClN3O2/c1-9(2)19-8-12(7-14(19)20)17-15(21)18-13-6-11(16)5-4-10(13)3/h4-6,9,12H,7-8H2,1-3H3,(H2,17,18,21). The number of carbonyl (C=O) groups is 2. The van der Waals surface area contributed by atoms with E-state index in [1.54, 1.807) is 17.0 Å². The maximum atomic E-state index is 12.0. The van der Waals surface area contributed by atoms with Crippen LogP contribution in [0, 0.1) is 6.92 Å². The van der Waals surface area contributed by atoms with Crippen LogP contribution in [0.15, 0.2) is 18.2 Å². The highest BCUT2D eigenvalue weighted by molar-refractivity contribution is 6.31. The number of aryl methyl sites for hydroxylation is 1. The summed E-state index contributed by atoms with van der Waals surface area (Å²) in [7, 11) is 0. The van der Waals surface area contributed by atoms with Gasteiger partial charge in [-0.2, -0.15) is 0 Å². The summed E-state index contributed by atoms with van der Waals surface area (Å²) in [6.07, 6.45) is 0.347. The van der Waals surface area contributed by atoms with Gasteiger partial charge in [-0.1, -0.05) is 17.7 Å². The van der Waals surface area contributed by atoms with Crippen LogP contribution < -0.4 is 10.6 Å². The van der Waals surface area contributed by atoms with Gasteiger partial charge in [0.2, 0.25) is 5.91 Å². The number of halogens is 1. The van der Waals surface area contributed by atoms with Crippen molar-refractivity contribution in [3.63, 3.8) is 0 Å². The normalized spacial score (nSPS) is 18.2. The van der Waals surface area contributed by atoms with E-state index in [1.807, 2.05) is 26.8 Å². The lowest BCUT2D eigenvalue weighted by Gasteiger charge is -2.21. The van der Waals surface area contributed by atoms with E-state index in [0.717, 1.165) is 5.56 Å². The monoisotopic (exact) mass is 309 g/mol. The van der Waals surface area contributed by atoms with E-state index >= 15 is 0 Å². The van der Waals surface area contributed by atoms with Gasteiger partial charge < -0.3 is 15.5 Å². The van der Waals surface area contributed by atoms with Crippen molar-refractivity contribution in [2.75, 3.05) is 11.9 Å². The van der Waals surface area contributed by atoms with Crippen molar-refractivity contribution in [2.45, 2.75) is 39.3 Å². The van der Waals surface area contributed by atoms with Crippen LogP contribution in [0.1, 0.15) is 25.8 Å². The lowest BCUT2D eigenvalue weighted by molar-refractivity contribution is -0.129. The molecule has 0 aliphatic carbocycles. The SMILES string of the molecule is Cc1ccc(Cl)cc1NC(=O)NC1CC(=O)N(C(C)C)C1. The molecule has 2 N–H and O–H groups in total. The minimum absolute atomic E-state index is 0.0780. The number of rotatable bonds is 3. The quantitative estimate of drug-likeness (QED) is 0.902. The molecule has 5 nitrogen and oxygen atoms in total. The van der Waals surface area contributed by atoms with E-state index < -0.39 is 0 Å². The third kappa shape index (κ3) is 3.88. The number of nitrogens with zero attached hydrogens (tertiary/aromatic N) is 1. The summed E-state index contributed by atoms with van der Waals surface area (Å²) in [4.78, 5) is 25.6. The van der Waals surface area contributed by atoms with E-state index in [0.29, 0.717) is 23.7 Å². The molecular weight excluding hydrogens is 290 g/mol. The molecule has 0 aromatic heterocycles. The topological polar surface area (TPSA) is 61.4 Å². The Morgan fingerprint density at radius 2 is 2.14 bits per heavy atom. The molecule has 0 spiro atoms. The number of nitrogens with one attached hydrogen (secondary N) is 2. The van der Waals surface area contributed by atoms with Crippen LogP contribution in [0.5, 0.6) is 0 Å². The molecule has 0 saturated carbocycles. The number of hydrogen-bond donors (Lipinski definition) is 2. The van der Waals surface area contributed by atoms with Crippen LogP contribution >= 0.6 is 11.6 Å². The number of hydrogen-bond acceptors (Lipinski definition) is 2. The number of urea groups is 1. The van der Waals surface area contributed by atoms with Crippen molar-refractivity contribution >= 4 is 29.2 Å². The van der Waals surface area contributed by atoms with Crippen molar-refractivity contribution in [2.24, 2.45) is 0 Å². The molecule has 1 heterocycles. The first-order chi connectivity index (χ1) is 9.86. The van der Waals surface area contributed by atoms with Gasteiger partial charge in [0.15, 0.2) is 0 Å². The molecule has 2 rings (SSSR count). The summed E-state index contributed by atoms with van der Waals surface area (Å²) < 4.78 is 0. The van der Waals surface area contributed by atoms with Crippen molar-refractivity contribution in [3.8, 4) is 0 Å². The zero-order valence-electron chi connectivity index (χ0n) is 12.4. The summed E-state index contributed by atoms with van der Waals surface area (Å²) >= 11 is 5.92. The van der Waals surface area contributed by atoms with Crippen LogP contribution in [0.25, 0.3) is 0 Å². The van der Waals surface area contributed by atoms with Gasteiger partial charge in [0.05, 0.1) is 6.04 Å². The van der Waals surface area contributed by atoms with Gasteiger partial charge in [-0.3, -0.25) is 4.79 Å². The Morgan fingerprint density at radius 1 is 1.43 bits per heavy atom. The Kier molecular flexibility index (Phi) is 4.73. The Bertz CT molecular complexity index is 560. The van der Waals surface area contributed by atoms with Crippen molar-refractivity contribution in [1.29, 1.82) is 0 Å². The molecule has 3 amide bonds. The van der Waals surface area contributed by atoms with Crippen molar-refractivity contribution < 1.29 is 9.59 Å². The lowest BCUT2D eigenvalue weighted by atomic mass is 10.2. The molecule has 0 bridgehead atoms. The Labute approximate surface area is 129 Å². The van der Waals surface area contributed by atoms with Gasteiger partial charge in [-0.25, -0.2) is 4.79 Å². The summed E-state index contributed by atoms with van der Waals surface area (Å²) in [5.74, 6) is 0.0780. The second kappa shape index (κ2) is 6.35. The van der Waals surface area contributed by atoms with E-state index in [1.165, 1.54) is 0 Å². The second-order valence-corrected chi connectivity index (χ2v) is 6.04. The average molecular weight is 310 g/mol. The Morgan fingerprint density at radius 3 is 2.76 bits per heavy atom. The van der Waals surface area contributed by atoms with Gasteiger partial charge in [0.1, 0.15) is 0 Å². The van der Waals surface area contributed by atoms with Crippen LogP contribution in [-0.4, -0.2) is 35.5 Å². The number of anilines is 1. The minimum Gasteiger partial charge on any atom is -0.338 e. The highest BCUT2D eigenvalue weighted by Crippen LogP contribution is 2.20. The fraction of sp³-hybridized carbons (Fsp3) is 0.467. The molecule has 114 valence electrons. The summed E-state index contributed by atoms with van der Waals surface area (Å²) in [5.41, 5.74) is 1.60. The maximum absolute atomic E-state index is 12.0. The smallest absolute Gasteiger partial charge is 0.319 e. The predicted octanol–water partition coefficient (Wildman–Crippen LogP) is 2.78. The Balaban J connectivity index is 1.94. The lowest BCUT2D eigenvalue weighted by Crippen LogP contribution is -2.40. The maximum Gasteiger partial charge on any atom is 0.319 e. The molecule has 1 aliphatic heterocycles. The summed E-state index contributed by atoms with van der Waals surface area (Å²) in [6.45, 7) is 6.38. The average Bonchev–Trinajstić information content (AvgIpc) is 2.74. The van der Waals surface area contributed by atoms with Crippen LogP contribution in [-0.2, 0) is 4.79 Å². The summed E-state index contributed by atoms with van der Waals surface area (Å²) in [5, 5.41) is 6.17. The zero-order valence-corrected chi connectivity index (χ0v) is 13.2. The molecule has 0 radical (unpaired) electrons. The first-order valence-corrected chi connectivity index (χ1v) is 7.37. The predicted molar refractivity (Wildman–Crippen MR) is 83.6 cm³/mol. The first-order valence-electron chi connectivity index (χ1n) is 7.00. The highest BCUT2D eigenvalue weighted by Gasteiger charge is 2.31. The van der Waals surface area contributed by atoms with Crippen molar-refractivity contribution in [1.82, 2.24) is 10.2 Å². The van der Waals surface area contributed by atoms with Gasteiger partial charge in [0.25, 0.3) is 0 Å². The number of carbonyl (C=O) groups excluding carboxylic acids is 2. The van der Waals surface area contributed by atoms with Crippen molar-refractivity contribution in [3.05, 3.63) is 28.8 Å². The largest absolute Gasteiger partial charge is 0.338 e. The van der Waals surface area contributed by atoms with E-state index in [2.05, 4.69) is 10.6 Å². The molecule has 1 atom stereocenters. The first kappa shape index (κ1) is 15.6. The minimum atomic E-state index is -0.316. The second-order valence-electron chi connectivity index (χ2n) is 5.60. The van der Waals surface area contributed by atoms with E-state index in [4.69, 9.17) is 11.6 Å². The molecular formula is C15H20ClN3O2. The molecule has 1 aromatic carbocycles. The van der Waals surface area contributed by atoms with Gasteiger partial charge in [-0.15, -0.1) is 0 Å². The molecule has 1 fully saturated rings. The van der Waals surface area contributed by atoms with Crippen LogP contribution in [0.3, 0.4) is 0 Å². The van der Waals surface area contributed by atoms with Gasteiger partial charge in [-0.05, 0) is 38.5 Å². The van der Waals surface area contributed by atoms with E-state index in [-0.39, 0.29) is 24.0 Å². The van der Waals surface area contributed by atoms with E-state index in [9.17, 15) is 9.59 Å². The molecule has 1 aliphatic rings. The molecule has 6 heteroatoms. The fourth-order valence-corrected chi connectivity index (χ4v) is 2.57. The highest BCUT2D eigenvalue weighted by atomic mass is 35.5. The van der Waals surface area contributed by atoms with Gasteiger partial charge >= 0.3 is 6.03 Å². The molecule has 21 heavy (non-hydrogen) atoms. The zero-order chi connectivity index (χ0) is 15.6. The number of likely N-dealkylation sites (tertiary alicyclic amines) is 1. The van der Waals surface area contributed by atoms with Crippen LogP contribution in [0.4, 0.5) is 10.5 Å². The molecule has 1 unspecified atom stereocenters. The van der Waals surface area contributed by atoms with Gasteiger partial charge in [0, 0.05) is 29.7 Å². The summed E-state index contributed by atoms with van der Waals surface area (Å²) in [6, 6.07) is 5.01. The number of amides is 3. The number of benzene rings is 1. The fourth-order valence-electron chi connectivity index (χ4n) is 2.40. The third-order valence-corrected chi connectivity index (χ3v) is 3.80. The Hall–Kier alpha value is -1.75. The third-order valence-electron chi connectivity index (χ3n) is 3.56. The molecule has 1 saturated heterocycles. The molecule has 1 aromatic rings. The van der Waals surface area contributed by atoms with Crippen LogP contribution in [0.2, 0.25) is 5.02 Å².